The lowest BCUT2D eigenvalue weighted by molar-refractivity contribution is -0.119. The Bertz CT molecular complexity index is 595. The Balaban J connectivity index is 1.60. The van der Waals surface area contributed by atoms with Crippen LogP contribution < -0.4 is 11.1 Å². The summed E-state index contributed by atoms with van der Waals surface area (Å²) in [4.78, 5) is 18.4. The number of anilines is 1. The van der Waals surface area contributed by atoms with Gasteiger partial charge in [0.05, 0.1) is 0 Å². The maximum absolute atomic E-state index is 11.1. The molecule has 7 heteroatoms. The van der Waals surface area contributed by atoms with Crippen LogP contribution in [-0.4, -0.2) is 23.5 Å². The second-order valence-electron chi connectivity index (χ2n) is 6.27. The summed E-state index contributed by atoms with van der Waals surface area (Å²) in [6, 6.07) is 3.63. The molecule has 0 saturated heterocycles. The van der Waals surface area contributed by atoms with Crippen molar-refractivity contribution >= 4 is 11.7 Å². The molecule has 1 amide bonds. The van der Waals surface area contributed by atoms with Crippen molar-refractivity contribution in [1.29, 1.82) is 0 Å². The second kappa shape index (κ2) is 9.78. The van der Waals surface area contributed by atoms with Gasteiger partial charge in [0.1, 0.15) is 11.9 Å². The van der Waals surface area contributed by atoms with Crippen LogP contribution in [0.1, 0.15) is 56.2 Å². The van der Waals surface area contributed by atoms with E-state index in [0.29, 0.717) is 6.42 Å². The fourth-order valence-corrected chi connectivity index (χ4v) is 3.00. The molecule has 7 nitrogen and oxygen atoms in total. The Kier molecular flexibility index (Phi) is 7.36. The molecule has 0 unspecified atom stereocenters. The molecule has 1 aromatic heterocycles. The topological polar surface area (TPSA) is 117 Å². The number of hydrogen-bond acceptors (Lipinski definition) is 4. The summed E-state index contributed by atoms with van der Waals surface area (Å²) >= 11 is 0. The summed E-state index contributed by atoms with van der Waals surface area (Å²) < 4.78 is 0. The lowest BCUT2D eigenvalue weighted by Gasteiger charge is -2.17. The first-order valence-electron chi connectivity index (χ1n) is 8.77. The molecule has 0 saturated carbocycles. The number of aromatic nitrogens is 1. The maximum Gasteiger partial charge on any atom is 0.226 e. The lowest BCUT2D eigenvalue weighted by atomic mass is 10.0. The molecule has 2 heterocycles. The van der Waals surface area contributed by atoms with Crippen LogP contribution in [0.25, 0.3) is 10.4 Å². The van der Waals surface area contributed by atoms with Crippen molar-refractivity contribution in [1.82, 2.24) is 4.98 Å². The van der Waals surface area contributed by atoms with E-state index in [2.05, 4.69) is 27.5 Å². The van der Waals surface area contributed by atoms with Gasteiger partial charge in [-0.1, -0.05) is 36.9 Å². The van der Waals surface area contributed by atoms with Crippen molar-refractivity contribution in [2.75, 3.05) is 11.9 Å². The Morgan fingerprint density at radius 1 is 1.33 bits per heavy atom. The monoisotopic (exact) mass is 330 g/mol. The normalized spacial score (nSPS) is 14.2. The highest BCUT2D eigenvalue weighted by atomic mass is 16.1. The molecule has 3 N–H and O–H groups in total. The van der Waals surface area contributed by atoms with E-state index in [0.717, 1.165) is 63.0 Å². The third kappa shape index (κ3) is 5.74. The Hall–Kier alpha value is -2.27. The molecule has 0 spiro atoms. The first kappa shape index (κ1) is 18.1. The quantitative estimate of drug-likeness (QED) is 0.296. The van der Waals surface area contributed by atoms with Gasteiger partial charge in [-0.25, -0.2) is 4.98 Å². The number of rotatable bonds is 10. The van der Waals surface area contributed by atoms with Crippen LogP contribution in [0.15, 0.2) is 17.2 Å². The average Bonchev–Trinajstić information content (AvgIpc) is 2.59. The zero-order chi connectivity index (χ0) is 17.2. The van der Waals surface area contributed by atoms with Crippen LogP contribution in [-0.2, 0) is 17.6 Å². The smallest absolute Gasteiger partial charge is 0.226 e. The first-order chi connectivity index (χ1) is 11.7. The molecule has 1 aliphatic rings. The largest absolute Gasteiger partial charge is 0.370 e. The van der Waals surface area contributed by atoms with E-state index in [9.17, 15) is 4.79 Å². The zero-order valence-corrected chi connectivity index (χ0v) is 14.1. The summed E-state index contributed by atoms with van der Waals surface area (Å²) in [6.45, 7) is 1.02. The van der Waals surface area contributed by atoms with Crippen LogP contribution in [0.2, 0.25) is 0 Å². The maximum atomic E-state index is 11.1. The van der Waals surface area contributed by atoms with Crippen molar-refractivity contribution in [3.63, 3.8) is 0 Å². The number of aryl methyl sites for hydroxylation is 2. The van der Waals surface area contributed by atoms with Gasteiger partial charge in [0.15, 0.2) is 0 Å². The summed E-state index contributed by atoms with van der Waals surface area (Å²) in [5, 5.41) is 6.79. The predicted octanol–water partition coefficient (Wildman–Crippen LogP) is 3.49. The van der Waals surface area contributed by atoms with E-state index >= 15 is 0 Å². The van der Waals surface area contributed by atoms with E-state index in [4.69, 9.17) is 16.2 Å². The fraction of sp³-hybridized carbons (Fsp3) is 0.647. The molecule has 1 atom stereocenters. The van der Waals surface area contributed by atoms with Gasteiger partial charge in [0.2, 0.25) is 5.91 Å². The number of unbranched alkanes of at least 4 members (excludes halogenated alkanes) is 4. The number of carbonyl (C=O) groups excluding carboxylic acids is 1. The zero-order valence-electron chi connectivity index (χ0n) is 14.1. The number of nitrogens with two attached hydrogens (primary N) is 1. The van der Waals surface area contributed by atoms with Crippen molar-refractivity contribution in [3.05, 3.63) is 33.8 Å². The van der Waals surface area contributed by atoms with E-state index in [1.54, 1.807) is 0 Å². The van der Waals surface area contributed by atoms with Gasteiger partial charge < -0.3 is 11.1 Å². The number of carbonyl (C=O) groups is 1. The van der Waals surface area contributed by atoms with Crippen molar-refractivity contribution in [2.24, 2.45) is 10.8 Å². The van der Waals surface area contributed by atoms with Crippen molar-refractivity contribution in [3.8, 4) is 0 Å². The molecular weight excluding hydrogens is 304 g/mol. The number of pyridine rings is 1. The van der Waals surface area contributed by atoms with E-state index < -0.39 is 11.9 Å². The molecule has 130 valence electrons. The third-order valence-electron chi connectivity index (χ3n) is 4.38. The molecule has 1 aliphatic heterocycles. The molecule has 0 aromatic carbocycles. The number of amides is 1. The van der Waals surface area contributed by atoms with Gasteiger partial charge in [-0.3, -0.25) is 4.79 Å². The first-order valence-corrected chi connectivity index (χ1v) is 8.77. The molecule has 1 aromatic rings. The standard InChI is InChI=1S/C17H26N6O/c18-16(24)15(22-23-19)9-5-3-1-2-4-8-14-11-10-13-7-6-12-20-17(13)21-14/h10-11,15H,1-9,12H2,(H2,18,24)(H,20,21)/t15-/m1/s1. The molecule has 0 fully saturated rings. The Labute approximate surface area is 142 Å². The summed E-state index contributed by atoms with van der Waals surface area (Å²) in [6.07, 6.45) is 9.07. The molecular formula is C17H26N6O. The fourth-order valence-electron chi connectivity index (χ4n) is 3.00. The summed E-state index contributed by atoms with van der Waals surface area (Å²) in [5.74, 6) is 0.522. The number of primary amides is 1. The highest BCUT2D eigenvalue weighted by molar-refractivity contribution is 5.79. The van der Waals surface area contributed by atoms with Gasteiger partial charge >= 0.3 is 0 Å². The third-order valence-corrected chi connectivity index (χ3v) is 4.38. The summed E-state index contributed by atoms with van der Waals surface area (Å²) in [5.41, 5.74) is 16.0. The lowest BCUT2D eigenvalue weighted by Crippen LogP contribution is -2.26. The SMILES string of the molecule is [N-]=[N+]=N[C@H](CCCCCCCc1ccc2c(n1)NCCC2)C(N)=O. The summed E-state index contributed by atoms with van der Waals surface area (Å²) in [7, 11) is 0. The number of fused-ring (bicyclic) bond motifs is 1. The molecule has 2 rings (SSSR count). The molecule has 0 bridgehead atoms. The van der Waals surface area contributed by atoms with E-state index in [1.165, 1.54) is 12.0 Å². The Morgan fingerprint density at radius 2 is 2.12 bits per heavy atom. The highest BCUT2D eigenvalue weighted by Gasteiger charge is 2.12. The number of nitrogens with one attached hydrogen (secondary N) is 1. The van der Waals surface area contributed by atoms with Gasteiger partial charge in [-0.05, 0) is 49.3 Å². The van der Waals surface area contributed by atoms with Crippen LogP contribution in [0, 0.1) is 0 Å². The second-order valence-corrected chi connectivity index (χ2v) is 6.27. The van der Waals surface area contributed by atoms with Crippen LogP contribution in [0.3, 0.4) is 0 Å². The minimum atomic E-state index is -0.706. The molecule has 0 radical (unpaired) electrons. The predicted molar refractivity (Wildman–Crippen MR) is 94.6 cm³/mol. The van der Waals surface area contributed by atoms with Gasteiger partial charge in [0, 0.05) is 17.2 Å². The van der Waals surface area contributed by atoms with E-state index in [1.807, 2.05) is 0 Å². The van der Waals surface area contributed by atoms with Crippen LogP contribution >= 0.6 is 0 Å². The van der Waals surface area contributed by atoms with Gasteiger partial charge in [0.25, 0.3) is 0 Å². The molecule has 24 heavy (non-hydrogen) atoms. The average molecular weight is 330 g/mol. The minimum Gasteiger partial charge on any atom is -0.370 e. The minimum absolute atomic E-state index is 0.539. The Morgan fingerprint density at radius 3 is 2.92 bits per heavy atom. The van der Waals surface area contributed by atoms with E-state index in [-0.39, 0.29) is 0 Å². The van der Waals surface area contributed by atoms with Gasteiger partial charge in [-0.2, -0.15) is 0 Å². The van der Waals surface area contributed by atoms with Gasteiger partial charge in [-0.15, -0.1) is 0 Å². The van der Waals surface area contributed by atoms with Crippen LogP contribution in [0.5, 0.6) is 0 Å². The number of azide groups is 1. The van der Waals surface area contributed by atoms with Crippen molar-refractivity contribution in [2.45, 2.75) is 63.8 Å². The van der Waals surface area contributed by atoms with Crippen molar-refractivity contribution < 1.29 is 4.79 Å². The number of hydrogen-bond donors (Lipinski definition) is 2. The molecule has 0 aliphatic carbocycles. The highest BCUT2D eigenvalue weighted by Crippen LogP contribution is 2.20. The van der Waals surface area contributed by atoms with Crippen LogP contribution in [0.4, 0.5) is 5.82 Å². The number of nitrogens with zero attached hydrogens (tertiary/aromatic N) is 4.